The van der Waals surface area contributed by atoms with Gasteiger partial charge in [-0.05, 0) is 50.5 Å². The molecule has 0 N–H and O–H groups in total. The van der Waals surface area contributed by atoms with Crippen LogP contribution in [0.4, 0.5) is 0 Å². The van der Waals surface area contributed by atoms with Crippen LogP contribution in [0.3, 0.4) is 0 Å². The first kappa shape index (κ1) is 16.9. The molecule has 2 nitrogen and oxygen atoms in total. The van der Waals surface area contributed by atoms with Crippen LogP contribution in [0, 0.1) is 0 Å². The molecule has 0 saturated heterocycles. The molecule has 4 aromatic carbocycles. The SMILES string of the molecule is c1cncc(-c2ccc(-c3ccc4c5ccccc5c5ccccc5c4c3)nc2)c1. The molecule has 2 heterocycles. The van der Waals surface area contributed by atoms with Crippen molar-refractivity contribution in [3.63, 3.8) is 0 Å². The van der Waals surface area contributed by atoms with E-state index in [1.54, 1.807) is 6.20 Å². The quantitative estimate of drug-likeness (QED) is 0.294. The molecule has 0 bridgehead atoms. The van der Waals surface area contributed by atoms with Gasteiger partial charge in [0.15, 0.2) is 0 Å². The predicted molar refractivity (Wildman–Crippen MR) is 125 cm³/mol. The summed E-state index contributed by atoms with van der Waals surface area (Å²) in [6, 6.07) is 32.2. The summed E-state index contributed by atoms with van der Waals surface area (Å²) in [5.74, 6) is 0. The topological polar surface area (TPSA) is 25.8 Å². The molecule has 0 saturated carbocycles. The molecule has 30 heavy (non-hydrogen) atoms. The van der Waals surface area contributed by atoms with E-state index in [-0.39, 0.29) is 0 Å². The third-order valence-electron chi connectivity index (χ3n) is 5.80. The third-order valence-corrected chi connectivity index (χ3v) is 5.80. The minimum atomic E-state index is 0.974. The minimum absolute atomic E-state index is 0.974. The van der Waals surface area contributed by atoms with Crippen LogP contribution in [-0.4, -0.2) is 9.97 Å². The summed E-state index contributed by atoms with van der Waals surface area (Å²) in [7, 11) is 0. The largest absolute Gasteiger partial charge is 0.264 e. The number of hydrogen-bond donors (Lipinski definition) is 0. The number of benzene rings is 4. The molecule has 6 aromatic rings. The van der Waals surface area contributed by atoms with Crippen LogP contribution in [0.5, 0.6) is 0 Å². The summed E-state index contributed by atoms with van der Waals surface area (Å²) in [4.78, 5) is 8.95. The number of nitrogens with zero attached hydrogens (tertiary/aromatic N) is 2. The lowest BCUT2D eigenvalue weighted by Crippen LogP contribution is -1.88. The lowest BCUT2D eigenvalue weighted by atomic mass is 9.93. The third kappa shape index (κ3) is 2.66. The van der Waals surface area contributed by atoms with Crippen molar-refractivity contribution in [3.8, 4) is 22.4 Å². The Labute approximate surface area is 174 Å². The Bertz CT molecular complexity index is 1480. The average Bonchev–Trinajstić information content (AvgIpc) is 2.84. The van der Waals surface area contributed by atoms with E-state index < -0.39 is 0 Å². The highest BCUT2D eigenvalue weighted by Crippen LogP contribution is 2.36. The molecule has 2 heteroatoms. The van der Waals surface area contributed by atoms with Crippen molar-refractivity contribution < 1.29 is 0 Å². The minimum Gasteiger partial charge on any atom is -0.264 e. The summed E-state index contributed by atoms with van der Waals surface area (Å²) < 4.78 is 0. The highest BCUT2D eigenvalue weighted by Gasteiger charge is 2.10. The Balaban J connectivity index is 1.55. The highest BCUT2D eigenvalue weighted by molar-refractivity contribution is 6.25. The zero-order valence-electron chi connectivity index (χ0n) is 16.3. The number of rotatable bonds is 2. The zero-order chi connectivity index (χ0) is 19.9. The van der Waals surface area contributed by atoms with E-state index in [1.807, 2.05) is 18.5 Å². The maximum absolute atomic E-state index is 4.75. The maximum Gasteiger partial charge on any atom is 0.0702 e. The van der Waals surface area contributed by atoms with Crippen LogP contribution in [0.1, 0.15) is 0 Å². The molecule has 0 aliphatic heterocycles. The number of fused-ring (bicyclic) bond motifs is 6. The van der Waals surface area contributed by atoms with Gasteiger partial charge in [-0.3, -0.25) is 9.97 Å². The van der Waals surface area contributed by atoms with Gasteiger partial charge in [-0.1, -0.05) is 72.8 Å². The molecule has 2 aromatic heterocycles. The van der Waals surface area contributed by atoms with E-state index >= 15 is 0 Å². The average molecular weight is 382 g/mol. The van der Waals surface area contributed by atoms with Gasteiger partial charge in [-0.25, -0.2) is 0 Å². The first-order valence-corrected chi connectivity index (χ1v) is 10.1. The van der Waals surface area contributed by atoms with E-state index in [4.69, 9.17) is 4.98 Å². The maximum atomic E-state index is 4.75. The van der Waals surface area contributed by atoms with Crippen LogP contribution in [0.15, 0.2) is 110 Å². The molecule has 0 spiro atoms. The number of aromatic nitrogens is 2. The van der Waals surface area contributed by atoms with Crippen molar-refractivity contribution in [2.75, 3.05) is 0 Å². The standard InChI is InChI=1S/C28H18N2/c1-2-9-24-22(7-1)23-8-3-4-10-25(23)27-16-19(11-13-26(24)27)28-14-12-21(18-30-28)20-6-5-15-29-17-20/h1-18H. The molecule has 0 unspecified atom stereocenters. The summed E-state index contributed by atoms with van der Waals surface area (Å²) in [6.45, 7) is 0. The van der Waals surface area contributed by atoms with Crippen molar-refractivity contribution in [2.24, 2.45) is 0 Å². The summed E-state index contributed by atoms with van der Waals surface area (Å²) in [5.41, 5.74) is 4.25. The van der Waals surface area contributed by atoms with Crippen molar-refractivity contribution >= 4 is 32.3 Å². The zero-order valence-corrected chi connectivity index (χ0v) is 16.3. The van der Waals surface area contributed by atoms with Crippen molar-refractivity contribution in [3.05, 3.63) is 110 Å². The molecule has 0 fully saturated rings. The van der Waals surface area contributed by atoms with Crippen molar-refractivity contribution in [2.45, 2.75) is 0 Å². The van der Waals surface area contributed by atoms with Crippen LogP contribution < -0.4 is 0 Å². The Morgan fingerprint density at radius 3 is 1.63 bits per heavy atom. The molecule has 0 aliphatic carbocycles. The van der Waals surface area contributed by atoms with E-state index in [0.29, 0.717) is 0 Å². The summed E-state index contributed by atoms with van der Waals surface area (Å²) >= 11 is 0. The van der Waals surface area contributed by atoms with E-state index in [2.05, 4.69) is 89.9 Å². The molecular formula is C28H18N2. The monoisotopic (exact) mass is 382 g/mol. The second kappa shape index (κ2) is 6.78. The lowest BCUT2D eigenvalue weighted by molar-refractivity contribution is 1.30. The Morgan fingerprint density at radius 1 is 0.433 bits per heavy atom. The number of pyridine rings is 2. The smallest absolute Gasteiger partial charge is 0.0702 e. The van der Waals surface area contributed by atoms with Crippen LogP contribution in [-0.2, 0) is 0 Å². The number of hydrogen-bond acceptors (Lipinski definition) is 2. The van der Waals surface area contributed by atoms with Gasteiger partial charge in [0.25, 0.3) is 0 Å². The van der Waals surface area contributed by atoms with Crippen LogP contribution in [0.2, 0.25) is 0 Å². The Kier molecular flexibility index (Phi) is 3.82. The van der Waals surface area contributed by atoms with Crippen LogP contribution >= 0.6 is 0 Å². The van der Waals surface area contributed by atoms with E-state index in [0.717, 1.165) is 22.4 Å². The molecule has 0 amide bonds. The second-order valence-corrected chi connectivity index (χ2v) is 7.53. The van der Waals surface area contributed by atoms with Gasteiger partial charge in [0.2, 0.25) is 0 Å². The Hall–Kier alpha value is -4.04. The molecule has 0 aliphatic rings. The molecular weight excluding hydrogens is 364 g/mol. The fourth-order valence-corrected chi connectivity index (χ4v) is 4.34. The van der Waals surface area contributed by atoms with Gasteiger partial charge in [0.1, 0.15) is 0 Å². The van der Waals surface area contributed by atoms with Crippen molar-refractivity contribution in [1.82, 2.24) is 9.97 Å². The second-order valence-electron chi connectivity index (χ2n) is 7.53. The summed E-state index contributed by atoms with van der Waals surface area (Å²) in [6.07, 6.45) is 5.58. The summed E-state index contributed by atoms with van der Waals surface area (Å²) in [5, 5.41) is 7.70. The van der Waals surface area contributed by atoms with E-state index in [9.17, 15) is 0 Å². The molecule has 140 valence electrons. The highest BCUT2D eigenvalue weighted by atomic mass is 14.7. The Morgan fingerprint density at radius 2 is 1.03 bits per heavy atom. The van der Waals surface area contributed by atoms with E-state index in [1.165, 1.54) is 32.3 Å². The lowest BCUT2D eigenvalue weighted by Gasteiger charge is -2.12. The predicted octanol–water partition coefficient (Wildman–Crippen LogP) is 7.27. The van der Waals surface area contributed by atoms with Gasteiger partial charge >= 0.3 is 0 Å². The molecule has 0 radical (unpaired) electrons. The molecule has 0 atom stereocenters. The van der Waals surface area contributed by atoms with Gasteiger partial charge in [0, 0.05) is 35.3 Å². The fraction of sp³-hybridized carbons (Fsp3) is 0. The van der Waals surface area contributed by atoms with Gasteiger partial charge in [-0.2, -0.15) is 0 Å². The van der Waals surface area contributed by atoms with Gasteiger partial charge < -0.3 is 0 Å². The van der Waals surface area contributed by atoms with Crippen LogP contribution in [0.25, 0.3) is 54.7 Å². The molecule has 6 rings (SSSR count). The normalized spacial score (nSPS) is 11.3. The fourth-order valence-electron chi connectivity index (χ4n) is 4.34. The van der Waals surface area contributed by atoms with Crippen molar-refractivity contribution in [1.29, 1.82) is 0 Å². The van der Waals surface area contributed by atoms with Gasteiger partial charge in [0.05, 0.1) is 5.69 Å². The first-order chi connectivity index (χ1) is 14.9. The first-order valence-electron chi connectivity index (χ1n) is 10.1. The van der Waals surface area contributed by atoms with Gasteiger partial charge in [-0.15, -0.1) is 0 Å².